The molecular formula is C18H20N4O. The van der Waals surface area contributed by atoms with Crippen molar-refractivity contribution in [2.45, 2.75) is 25.2 Å². The van der Waals surface area contributed by atoms with E-state index in [9.17, 15) is 4.79 Å². The van der Waals surface area contributed by atoms with E-state index in [1.165, 1.54) is 24.8 Å². The molecule has 0 bridgehead atoms. The van der Waals surface area contributed by atoms with Crippen LogP contribution in [0.15, 0.2) is 48.8 Å². The number of benzene rings is 1. The second-order valence-corrected chi connectivity index (χ2v) is 6.62. The lowest BCUT2D eigenvalue weighted by atomic mass is 9.61. The quantitative estimate of drug-likeness (QED) is 0.926. The number of amides is 2. The lowest BCUT2D eigenvalue weighted by Crippen LogP contribution is -2.39. The van der Waals surface area contributed by atoms with E-state index in [-0.39, 0.29) is 11.4 Å². The van der Waals surface area contributed by atoms with E-state index in [1.807, 2.05) is 11.0 Å². The zero-order chi connectivity index (χ0) is 15.7. The van der Waals surface area contributed by atoms with Crippen LogP contribution in [0, 0.1) is 5.41 Å². The Bertz CT molecular complexity index is 685. The molecule has 1 aromatic carbocycles. The molecule has 1 N–H and O–H groups in total. The average Bonchev–Trinajstić information content (AvgIpc) is 2.98. The Morgan fingerprint density at radius 3 is 2.65 bits per heavy atom. The number of likely N-dealkylation sites (tertiary alicyclic amines) is 1. The van der Waals surface area contributed by atoms with Gasteiger partial charge in [-0.2, -0.15) is 10.2 Å². The Kier molecular flexibility index (Phi) is 3.48. The Hall–Kier alpha value is -2.43. The number of carbonyl (C=O) groups is 1. The van der Waals surface area contributed by atoms with E-state index in [0.717, 1.165) is 13.1 Å². The number of hydrogen-bond acceptors (Lipinski definition) is 3. The van der Waals surface area contributed by atoms with Gasteiger partial charge in [-0.05, 0) is 29.9 Å². The number of hydrogen-bond donors (Lipinski definition) is 1. The van der Waals surface area contributed by atoms with E-state index in [4.69, 9.17) is 0 Å². The van der Waals surface area contributed by atoms with Crippen LogP contribution >= 0.6 is 0 Å². The third-order valence-corrected chi connectivity index (χ3v) is 5.32. The predicted octanol–water partition coefficient (Wildman–Crippen LogP) is 3.28. The van der Waals surface area contributed by atoms with Crippen molar-refractivity contribution in [3.8, 4) is 0 Å². The molecule has 2 amide bonds. The van der Waals surface area contributed by atoms with Crippen LogP contribution in [0.4, 0.5) is 10.5 Å². The van der Waals surface area contributed by atoms with Gasteiger partial charge in [0.2, 0.25) is 0 Å². The van der Waals surface area contributed by atoms with E-state index < -0.39 is 0 Å². The first kappa shape index (κ1) is 14.2. The fourth-order valence-corrected chi connectivity index (χ4v) is 3.97. The van der Waals surface area contributed by atoms with Gasteiger partial charge in [0, 0.05) is 19.0 Å². The molecule has 1 aromatic heterocycles. The largest absolute Gasteiger partial charge is 0.323 e. The maximum Gasteiger partial charge on any atom is 0.321 e. The van der Waals surface area contributed by atoms with Gasteiger partial charge in [0.1, 0.15) is 0 Å². The molecule has 1 saturated heterocycles. The lowest BCUT2D eigenvalue weighted by molar-refractivity contribution is 0.125. The molecule has 1 saturated carbocycles. The number of anilines is 1. The van der Waals surface area contributed by atoms with Crippen LogP contribution in [0.1, 0.15) is 30.7 Å². The molecule has 2 aromatic rings. The number of carbonyl (C=O) groups excluding carboxylic acids is 1. The number of urea groups is 1. The summed E-state index contributed by atoms with van der Waals surface area (Å²) in [5, 5.41) is 10.5. The Balaban J connectivity index is 1.52. The normalized spacial score (nSPS) is 21.9. The van der Waals surface area contributed by atoms with E-state index in [1.54, 1.807) is 18.5 Å². The van der Waals surface area contributed by atoms with Crippen LogP contribution in [-0.2, 0) is 0 Å². The standard InChI is InChI=1S/C18H20N4O/c23-17(21-15-7-10-19-20-11-15)22-12-16(14-5-2-1-3-6-14)18(13-22)8-4-9-18/h1-3,5-7,10-11,16H,4,8-9,12-13H2,(H,19,21,23)/t16-/m1/s1. The van der Waals surface area contributed by atoms with Gasteiger partial charge in [-0.15, -0.1) is 0 Å². The molecule has 5 nitrogen and oxygen atoms in total. The van der Waals surface area contributed by atoms with Crippen molar-refractivity contribution in [3.05, 3.63) is 54.4 Å². The summed E-state index contributed by atoms with van der Waals surface area (Å²) in [5.74, 6) is 0.443. The van der Waals surface area contributed by atoms with Gasteiger partial charge in [0.05, 0.1) is 18.1 Å². The monoisotopic (exact) mass is 308 g/mol. The molecule has 2 aliphatic rings. The summed E-state index contributed by atoms with van der Waals surface area (Å²) < 4.78 is 0. The molecule has 1 spiro atoms. The third-order valence-electron chi connectivity index (χ3n) is 5.32. The topological polar surface area (TPSA) is 58.1 Å². The minimum absolute atomic E-state index is 0.0392. The fraction of sp³-hybridized carbons (Fsp3) is 0.389. The molecule has 23 heavy (non-hydrogen) atoms. The van der Waals surface area contributed by atoms with Gasteiger partial charge in [-0.25, -0.2) is 4.79 Å². The van der Waals surface area contributed by atoms with Crippen molar-refractivity contribution in [1.29, 1.82) is 0 Å². The van der Waals surface area contributed by atoms with Crippen LogP contribution in [0.2, 0.25) is 0 Å². The van der Waals surface area contributed by atoms with Gasteiger partial charge in [-0.3, -0.25) is 0 Å². The first-order valence-corrected chi connectivity index (χ1v) is 8.14. The molecule has 1 atom stereocenters. The van der Waals surface area contributed by atoms with Crippen molar-refractivity contribution in [2.75, 3.05) is 18.4 Å². The zero-order valence-corrected chi connectivity index (χ0v) is 13.0. The summed E-state index contributed by atoms with van der Waals surface area (Å²) in [6, 6.07) is 12.3. The van der Waals surface area contributed by atoms with Crippen LogP contribution in [0.3, 0.4) is 0 Å². The van der Waals surface area contributed by atoms with Gasteiger partial charge in [-0.1, -0.05) is 36.8 Å². The van der Waals surface area contributed by atoms with E-state index >= 15 is 0 Å². The molecule has 2 heterocycles. The van der Waals surface area contributed by atoms with Crippen molar-refractivity contribution < 1.29 is 4.79 Å². The zero-order valence-electron chi connectivity index (χ0n) is 13.0. The van der Waals surface area contributed by atoms with Crippen LogP contribution in [0.5, 0.6) is 0 Å². The number of rotatable bonds is 2. The van der Waals surface area contributed by atoms with Crippen molar-refractivity contribution in [2.24, 2.45) is 5.41 Å². The molecule has 5 heteroatoms. The van der Waals surface area contributed by atoms with E-state index in [0.29, 0.717) is 11.6 Å². The van der Waals surface area contributed by atoms with Crippen LogP contribution < -0.4 is 5.32 Å². The first-order chi connectivity index (χ1) is 11.3. The van der Waals surface area contributed by atoms with Gasteiger partial charge in [0.25, 0.3) is 0 Å². The smallest absolute Gasteiger partial charge is 0.321 e. The second kappa shape index (κ2) is 5.65. The van der Waals surface area contributed by atoms with E-state index in [2.05, 4.69) is 39.8 Å². The Morgan fingerprint density at radius 1 is 1.17 bits per heavy atom. The van der Waals surface area contributed by atoms with Crippen molar-refractivity contribution >= 4 is 11.7 Å². The summed E-state index contributed by atoms with van der Waals surface area (Å²) in [7, 11) is 0. The second-order valence-electron chi connectivity index (χ2n) is 6.62. The van der Waals surface area contributed by atoms with Gasteiger partial charge < -0.3 is 10.2 Å². The number of aromatic nitrogens is 2. The highest BCUT2D eigenvalue weighted by Crippen LogP contribution is 2.55. The van der Waals surface area contributed by atoms with Crippen LogP contribution in [0.25, 0.3) is 0 Å². The molecule has 1 aliphatic heterocycles. The molecule has 1 aliphatic carbocycles. The van der Waals surface area contributed by atoms with Gasteiger partial charge in [0.15, 0.2) is 0 Å². The molecular weight excluding hydrogens is 288 g/mol. The fourth-order valence-electron chi connectivity index (χ4n) is 3.97. The minimum atomic E-state index is -0.0392. The summed E-state index contributed by atoms with van der Waals surface area (Å²) in [4.78, 5) is 14.5. The summed E-state index contributed by atoms with van der Waals surface area (Å²) in [6.45, 7) is 1.63. The van der Waals surface area contributed by atoms with Crippen LogP contribution in [-0.4, -0.2) is 34.2 Å². The average molecular weight is 308 g/mol. The molecule has 2 fully saturated rings. The van der Waals surface area contributed by atoms with Crippen molar-refractivity contribution in [1.82, 2.24) is 15.1 Å². The maximum atomic E-state index is 12.6. The highest BCUT2D eigenvalue weighted by Gasteiger charge is 2.51. The van der Waals surface area contributed by atoms with Gasteiger partial charge >= 0.3 is 6.03 Å². The highest BCUT2D eigenvalue weighted by atomic mass is 16.2. The summed E-state index contributed by atoms with van der Waals surface area (Å²) in [6.07, 6.45) is 6.86. The lowest BCUT2D eigenvalue weighted by Gasteiger charge is -2.43. The Labute approximate surface area is 135 Å². The SMILES string of the molecule is O=C(Nc1ccnnc1)N1C[C@H](c2ccccc2)C2(CCC2)C1. The number of nitrogens with one attached hydrogen (secondary N) is 1. The Morgan fingerprint density at radius 2 is 2.00 bits per heavy atom. The third kappa shape index (κ3) is 2.56. The number of nitrogens with zero attached hydrogens (tertiary/aromatic N) is 3. The summed E-state index contributed by atoms with van der Waals surface area (Å²) in [5.41, 5.74) is 2.32. The first-order valence-electron chi connectivity index (χ1n) is 8.14. The molecule has 0 unspecified atom stereocenters. The predicted molar refractivity (Wildman–Crippen MR) is 88.1 cm³/mol. The summed E-state index contributed by atoms with van der Waals surface area (Å²) >= 11 is 0. The maximum absolute atomic E-state index is 12.6. The molecule has 118 valence electrons. The molecule has 0 radical (unpaired) electrons. The molecule has 4 rings (SSSR count). The minimum Gasteiger partial charge on any atom is -0.323 e. The van der Waals surface area contributed by atoms with Crippen molar-refractivity contribution in [3.63, 3.8) is 0 Å². The highest BCUT2D eigenvalue weighted by molar-refractivity contribution is 5.89.